The predicted molar refractivity (Wildman–Crippen MR) is 199 cm³/mol. The maximum atomic E-state index is 12.3. The Hall–Kier alpha value is -1.98. The smallest absolute Gasteiger partial charge is 0.744 e. The first kappa shape index (κ1) is 54.2. The Balaban J connectivity index is 0.00000310. The number of nitrogen functional groups attached to an aromatic ring is 2. The van der Waals surface area contributed by atoms with Crippen molar-refractivity contribution in [2.75, 3.05) is 11.5 Å². The normalized spacial score (nSPS) is 12.3. The topological polar surface area (TPSA) is 330 Å². The van der Waals surface area contributed by atoms with Crippen LogP contribution >= 0.6 is 0 Å². The van der Waals surface area contributed by atoms with Crippen molar-refractivity contribution in [3.63, 3.8) is 0 Å². The van der Waals surface area contributed by atoms with Gasteiger partial charge in [-0.3, -0.25) is 0 Å². The van der Waals surface area contributed by atoms with Crippen molar-refractivity contribution >= 4 is 108 Å². The maximum absolute atomic E-state index is 12.3. The molecule has 0 saturated heterocycles. The van der Waals surface area contributed by atoms with E-state index in [0.29, 0.717) is 10.8 Å². The van der Waals surface area contributed by atoms with Gasteiger partial charge in [-0.05, 0) is 83.9 Å². The molecule has 60 heavy (non-hydrogen) atoms. The number of anilines is 2. The molecule has 0 radical (unpaired) electrons. The van der Waals surface area contributed by atoms with Gasteiger partial charge in [0.1, 0.15) is 40.5 Å². The van der Waals surface area contributed by atoms with Crippen molar-refractivity contribution in [1.82, 2.24) is 0 Å². The Kier molecular flexibility index (Phi) is 19.1. The van der Waals surface area contributed by atoms with Crippen LogP contribution in [0.5, 0.6) is 0 Å². The van der Waals surface area contributed by atoms with Crippen LogP contribution in [0, 0.1) is 0 Å². The van der Waals surface area contributed by atoms with E-state index in [9.17, 15) is 51.9 Å². The summed E-state index contributed by atoms with van der Waals surface area (Å²) in [7, 11) is -20.1. The Morgan fingerprint density at radius 2 is 0.750 bits per heavy atom. The largest absolute Gasteiger partial charge is 1.00 e. The van der Waals surface area contributed by atoms with Gasteiger partial charge in [-0.15, -0.1) is 10.2 Å². The summed E-state index contributed by atoms with van der Waals surface area (Å²) in [5, 5.41) is 16.9. The van der Waals surface area contributed by atoms with Gasteiger partial charge in [0, 0.05) is 32.9 Å². The summed E-state index contributed by atoms with van der Waals surface area (Å²) in [4.78, 5) is -2.71. The molecule has 6 aromatic carbocycles. The van der Waals surface area contributed by atoms with Crippen molar-refractivity contribution in [2.24, 2.45) is 20.5 Å². The van der Waals surface area contributed by atoms with Crippen LogP contribution in [0.4, 0.5) is 34.1 Å². The van der Waals surface area contributed by atoms with E-state index in [1.165, 1.54) is 48.5 Å². The van der Waals surface area contributed by atoms with Crippen molar-refractivity contribution in [2.45, 2.75) is 19.6 Å². The van der Waals surface area contributed by atoms with Crippen LogP contribution in [0.25, 0.3) is 33.7 Å². The molecular weight excluding hydrogens is 905 g/mol. The van der Waals surface area contributed by atoms with Gasteiger partial charge >= 0.3 is 118 Å². The minimum absolute atomic E-state index is 0. The van der Waals surface area contributed by atoms with Crippen molar-refractivity contribution < 1.29 is 170 Å². The van der Waals surface area contributed by atoms with Crippen LogP contribution in [0.2, 0.25) is 0 Å². The van der Waals surface area contributed by atoms with Gasteiger partial charge in [0.05, 0.1) is 42.3 Å². The van der Waals surface area contributed by atoms with Crippen LogP contribution in [0.15, 0.2) is 137 Å². The van der Waals surface area contributed by atoms with E-state index >= 15 is 0 Å². The third kappa shape index (κ3) is 12.8. The summed E-state index contributed by atoms with van der Waals surface area (Å²) < 4.78 is 143. The van der Waals surface area contributed by atoms with E-state index in [4.69, 9.17) is 11.5 Å². The fourth-order valence-corrected chi connectivity index (χ4v) is 7.81. The second kappa shape index (κ2) is 21.1. The number of hydrogen-bond acceptors (Lipinski definition) is 18. The molecule has 0 bridgehead atoms. The zero-order valence-corrected chi connectivity index (χ0v) is 43.1. The Labute approximate surface area is 432 Å². The van der Waals surface area contributed by atoms with Gasteiger partial charge in [0.2, 0.25) is 0 Å². The summed E-state index contributed by atoms with van der Waals surface area (Å²) in [6, 6.07) is 19.1. The van der Waals surface area contributed by atoms with Gasteiger partial charge in [-0.2, -0.15) is 10.2 Å². The number of nitrogens with two attached hydrogens (primary N) is 2. The molecule has 6 aromatic rings. The van der Waals surface area contributed by atoms with Crippen LogP contribution < -0.4 is 130 Å². The first-order valence-corrected chi connectivity index (χ1v) is 21.0. The van der Waals surface area contributed by atoms with Gasteiger partial charge in [-0.1, -0.05) is 36.4 Å². The molecule has 0 unspecified atom stereocenters. The molecule has 0 aliphatic rings. The summed E-state index contributed by atoms with van der Waals surface area (Å²) in [5.41, 5.74) is 11.8. The molecule has 4 N–H and O–H groups in total. The molecule has 0 saturated carbocycles. The van der Waals surface area contributed by atoms with E-state index < -0.39 is 60.1 Å². The molecule has 6 rings (SSSR count). The molecule has 0 aliphatic heterocycles. The van der Waals surface area contributed by atoms with E-state index in [1.54, 1.807) is 0 Å². The average molecular weight is 927 g/mol. The Morgan fingerprint density at radius 1 is 0.400 bits per heavy atom. The molecule has 0 aliphatic carbocycles. The van der Waals surface area contributed by atoms with E-state index in [1.807, 2.05) is 0 Å². The predicted octanol–water partition coefficient (Wildman–Crippen LogP) is -6.21. The fourth-order valence-electron chi connectivity index (χ4n) is 5.44. The first-order valence-electron chi connectivity index (χ1n) is 15.4. The fraction of sp³-hybridized carbons (Fsp3) is 0. The molecule has 0 fully saturated rings. The number of benzene rings is 6. The van der Waals surface area contributed by atoms with Crippen molar-refractivity contribution in [1.29, 1.82) is 0 Å². The van der Waals surface area contributed by atoms with Crippen LogP contribution in [-0.4, -0.2) is 51.9 Å². The van der Waals surface area contributed by atoms with Crippen LogP contribution in [-0.2, 0) is 40.5 Å². The quantitative estimate of drug-likeness (QED) is 0.0425. The molecule has 0 atom stereocenters. The second-order valence-electron chi connectivity index (χ2n) is 11.8. The first-order chi connectivity index (χ1) is 26.1. The maximum Gasteiger partial charge on any atom is 1.00 e. The minimum Gasteiger partial charge on any atom is -0.744 e. The second-order valence-corrected chi connectivity index (χ2v) is 17.2. The molecule has 18 nitrogen and oxygen atoms in total. The molecule has 0 spiro atoms. The molecule has 0 aromatic heterocycles. The minimum atomic E-state index is -5.20. The van der Waals surface area contributed by atoms with Gasteiger partial charge in [0.15, 0.2) is 0 Å². The van der Waals surface area contributed by atoms with E-state index in [2.05, 4.69) is 20.5 Å². The standard InChI is InChI=1S/C34H26N6O12S4.4Na/c35-29-11-13-31(27-17-23(53(41,42)43)7-9-25(27)29)39-37-21-5-3-19(33(15-21)55(47,48)49)1-2-20-4-6-22(16-34(20)56(50,51)52)38-40-32-14-12-30(36)26-10-8-24(18-28(26)32)54(44,45)46;;;;/h1-18H,35-36H2,(H,41,42,43)(H,44,45,46)(H,47,48,49)(H,50,51,52);;;;/q;4*+1/p-4/b2-1+,39-37?,40-38?;;;;. The number of azo groups is 2. The van der Waals surface area contributed by atoms with Crippen LogP contribution in [0.3, 0.4) is 0 Å². The van der Waals surface area contributed by atoms with Crippen molar-refractivity contribution in [3.8, 4) is 0 Å². The number of fused-ring (bicyclic) bond motifs is 2. The average Bonchev–Trinajstić information content (AvgIpc) is 3.12. The Morgan fingerprint density at radius 3 is 1.07 bits per heavy atom. The van der Waals surface area contributed by atoms with Crippen molar-refractivity contribution in [3.05, 3.63) is 108 Å². The molecule has 288 valence electrons. The third-order valence-electron chi connectivity index (χ3n) is 8.10. The Bertz CT molecular complexity index is 2980. The van der Waals surface area contributed by atoms with Gasteiger partial charge in [0.25, 0.3) is 0 Å². The summed E-state index contributed by atoms with van der Waals surface area (Å²) in [6.45, 7) is 0. The molecule has 26 heteroatoms. The van der Waals surface area contributed by atoms with Gasteiger partial charge < -0.3 is 29.7 Å². The number of nitrogens with zero attached hydrogens (tertiary/aromatic N) is 4. The van der Waals surface area contributed by atoms with E-state index in [-0.39, 0.29) is 174 Å². The molecule has 0 heterocycles. The third-order valence-corrected chi connectivity index (χ3v) is 11.5. The number of hydrogen-bond donors (Lipinski definition) is 2. The summed E-state index contributed by atoms with van der Waals surface area (Å²) in [6.07, 6.45) is 2.13. The summed E-state index contributed by atoms with van der Waals surface area (Å²) >= 11 is 0. The summed E-state index contributed by atoms with van der Waals surface area (Å²) in [5.74, 6) is 0. The molecular formula is C34H22N6Na4O12S4. The zero-order chi connectivity index (χ0) is 40.8. The van der Waals surface area contributed by atoms with E-state index in [0.717, 1.165) is 60.7 Å². The molecule has 0 amide bonds. The number of rotatable bonds is 10. The SMILES string of the molecule is Nc1ccc(N=Nc2ccc(/C=C/c3ccc(N=Nc4ccc(N)c5ccc(S(=O)(=O)[O-])cc45)cc3S(=O)(=O)[O-])c(S(=O)(=O)[O-])c2)c2cc(S(=O)(=O)[O-])ccc12.[Na+].[Na+].[Na+].[Na+]. The van der Waals surface area contributed by atoms with Gasteiger partial charge in [-0.25, -0.2) is 33.7 Å². The monoisotopic (exact) mass is 926 g/mol. The van der Waals surface area contributed by atoms with Crippen LogP contribution in [0.1, 0.15) is 11.1 Å². The zero-order valence-electron chi connectivity index (χ0n) is 31.9.